The summed E-state index contributed by atoms with van der Waals surface area (Å²) in [7, 11) is 0. The minimum Gasteiger partial charge on any atom is -0.388 e. The number of hydrogen-bond acceptors (Lipinski definition) is 8. The molecule has 3 heterocycles. The average Bonchev–Trinajstić information content (AvgIpc) is 3.00. The molecule has 1 fully saturated rings. The Kier molecular flexibility index (Phi) is 3.42. The molecular weight excluding hydrogens is 296 g/mol. The SMILES string of the molecule is [N-]=[N+]=NC[C@H]1O[C@@H](n2cnc3c(=O)[nH]c(N)nc32)[C@@H](O)[C@@H]1O. The van der Waals surface area contributed by atoms with E-state index in [1.54, 1.807) is 0 Å². The summed E-state index contributed by atoms with van der Waals surface area (Å²) in [4.78, 5) is 24.5. The molecule has 3 rings (SSSR count). The van der Waals surface area contributed by atoms with Crippen LogP contribution in [0.1, 0.15) is 6.23 Å². The third kappa shape index (κ3) is 2.16. The third-order valence-corrected chi connectivity index (χ3v) is 3.39. The number of hydrogen-bond donors (Lipinski definition) is 4. The molecule has 12 heteroatoms. The fourth-order valence-corrected chi connectivity index (χ4v) is 2.36. The summed E-state index contributed by atoms with van der Waals surface area (Å²) in [6, 6.07) is 0. The van der Waals surface area contributed by atoms with Gasteiger partial charge in [0.05, 0.1) is 19.0 Å². The first kappa shape index (κ1) is 14.3. The highest BCUT2D eigenvalue weighted by Crippen LogP contribution is 2.31. The van der Waals surface area contributed by atoms with Gasteiger partial charge in [-0.3, -0.25) is 14.3 Å². The molecule has 4 atom stereocenters. The van der Waals surface area contributed by atoms with Crippen molar-refractivity contribution in [1.29, 1.82) is 0 Å². The Hall–Kier alpha value is -2.66. The van der Waals surface area contributed by atoms with E-state index >= 15 is 0 Å². The Labute approximate surface area is 121 Å². The summed E-state index contributed by atoms with van der Waals surface area (Å²) in [6.07, 6.45) is -3.23. The Balaban J connectivity index is 2.01. The van der Waals surface area contributed by atoms with Crippen molar-refractivity contribution in [3.05, 3.63) is 27.1 Å². The molecule has 2 aromatic heterocycles. The van der Waals surface area contributed by atoms with Gasteiger partial charge in [0.2, 0.25) is 5.95 Å². The van der Waals surface area contributed by atoms with Gasteiger partial charge in [0.1, 0.15) is 12.2 Å². The van der Waals surface area contributed by atoms with Crippen molar-refractivity contribution in [2.75, 3.05) is 12.3 Å². The third-order valence-electron chi connectivity index (χ3n) is 3.39. The highest BCUT2D eigenvalue weighted by molar-refractivity contribution is 5.70. The summed E-state index contributed by atoms with van der Waals surface area (Å²) in [5.41, 5.74) is 13.4. The number of ether oxygens (including phenoxy) is 1. The molecule has 2 aromatic rings. The zero-order valence-corrected chi connectivity index (χ0v) is 11.1. The van der Waals surface area contributed by atoms with Crippen molar-refractivity contribution in [1.82, 2.24) is 19.5 Å². The maximum absolute atomic E-state index is 11.7. The van der Waals surface area contributed by atoms with Crippen molar-refractivity contribution in [2.24, 2.45) is 5.11 Å². The van der Waals surface area contributed by atoms with E-state index in [-0.39, 0.29) is 23.7 Å². The quantitative estimate of drug-likeness (QED) is 0.305. The fourth-order valence-electron chi connectivity index (χ4n) is 2.36. The lowest BCUT2D eigenvalue weighted by atomic mass is 10.1. The minimum atomic E-state index is -1.31. The monoisotopic (exact) mass is 308 g/mol. The molecule has 0 saturated carbocycles. The lowest BCUT2D eigenvalue weighted by molar-refractivity contribution is -0.0321. The van der Waals surface area contributed by atoms with Crippen molar-refractivity contribution >= 4 is 17.1 Å². The number of anilines is 1. The van der Waals surface area contributed by atoms with Crippen LogP contribution in [0.5, 0.6) is 0 Å². The Morgan fingerprint density at radius 3 is 3.05 bits per heavy atom. The molecule has 0 spiro atoms. The summed E-state index contributed by atoms with van der Waals surface area (Å²) in [6.45, 7) is -0.145. The normalized spacial score (nSPS) is 27.9. The van der Waals surface area contributed by atoms with E-state index in [1.807, 2.05) is 0 Å². The largest absolute Gasteiger partial charge is 0.388 e. The zero-order valence-electron chi connectivity index (χ0n) is 11.1. The first-order chi connectivity index (χ1) is 10.5. The number of H-pyrrole nitrogens is 1. The van der Waals surface area contributed by atoms with Crippen LogP contribution in [-0.4, -0.2) is 54.6 Å². The first-order valence-corrected chi connectivity index (χ1v) is 6.27. The van der Waals surface area contributed by atoms with Crippen molar-refractivity contribution in [2.45, 2.75) is 24.5 Å². The van der Waals surface area contributed by atoms with Crippen LogP contribution in [0.15, 0.2) is 16.2 Å². The van der Waals surface area contributed by atoms with Crippen LogP contribution in [-0.2, 0) is 4.74 Å². The summed E-state index contributed by atoms with van der Waals surface area (Å²) in [5, 5.41) is 23.3. The number of aliphatic hydroxyl groups is 2. The van der Waals surface area contributed by atoms with E-state index in [0.29, 0.717) is 0 Å². The van der Waals surface area contributed by atoms with Crippen molar-refractivity contribution in [3.63, 3.8) is 0 Å². The van der Waals surface area contributed by atoms with E-state index in [1.165, 1.54) is 10.9 Å². The van der Waals surface area contributed by atoms with E-state index in [2.05, 4.69) is 25.0 Å². The number of fused-ring (bicyclic) bond motifs is 1. The van der Waals surface area contributed by atoms with Crippen molar-refractivity contribution in [3.8, 4) is 0 Å². The van der Waals surface area contributed by atoms with Gasteiger partial charge in [-0.2, -0.15) is 4.98 Å². The second kappa shape index (κ2) is 5.27. The van der Waals surface area contributed by atoms with Gasteiger partial charge in [-0.15, -0.1) is 0 Å². The van der Waals surface area contributed by atoms with E-state index in [4.69, 9.17) is 16.0 Å². The molecule has 116 valence electrons. The smallest absolute Gasteiger partial charge is 0.280 e. The van der Waals surface area contributed by atoms with Gasteiger partial charge in [0, 0.05) is 4.91 Å². The highest BCUT2D eigenvalue weighted by Gasteiger charge is 2.43. The number of nitrogens with one attached hydrogen (secondary N) is 1. The first-order valence-electron chi connectivity index (χ1n) is 6.27. The number of nitrogen functional groups attached to an aromatic ring is 1. The number of nitrogens with two attached hydrogens (primary N) is 1. The number of aromatic amines is 1. The van der Waals surface area contributed by atoms with E-state index in [0.717, 1.165) is 0 Å². The van der Waals surface area contributed by atoms with Crippen LogP contribution in [0.2, 0.25) is 0 Å². The van der Waals surface area contributed by atoms with Gasteiger partial charge in [-0.1, -0.05) is 5.11 Å². The van der Waals surface area contributed by atoms with Crippen LogP contribution in [0, 0.1) is 0 Å². The molecule has 5 N–H and O–H groups in total. The molecular formula is C10H12N8O4. The van der Waals surface area contributed by atoms with Crippen LogP contribution in [0.3, 0.4) is 0 Å². The fraction of sp³-hybridized carbons (Fsp3) is 0.500. The lowest BCUT2D eigenvalue weighted by Crippen LogP contribution is -2.32. The van der Waals surface area contributed by atoms with Gasteiger partial charge >= 0.3 is 0 Å². The Morgan fingerprint density at radius 1 is 1.55 bits per heavy atom. The molecule has 1 aliphatic heterocycles. The molecule has 22 heavy (non-hydrogen) atoms. The van der Waals surface area contributed by atoms with Gasteiger partial charge in [0.15, 0.2) is 17.4 Å². The number of aromatic nitrogens is 4. The van der Waals surface area contributed by atoms with Gasteiger partial charge in [-0.05, 0) is 5.53 Å². The molecule has 0 bridgehead atoms. The van der Waals surface area contributed by atoms with E-state index in [9.17, 15) is 15.0 Å². The van der Waals surface area contributed by atoms with E-state index < -0.39 is 30.1 Å². The second-order valence-electron chi connectivity index (χ2n) is 4.73. The molecule has 0 aromatic carbocycles. The Bertz CT molecular complexity index is 809. The maximum Gasteiger partial charge on any atom is 0.280 e. The molecule has 0 unspecified atom stereocenters. The van der Waals surface area contributed by atoms with Crippen LogP contribution in [0.25, 0.3) is 21.6 Å². The highest BCUT2D eigenvalue weighted by atomic mass is 16.6. The maximum atomic E-state index is 11.7. The number of nitrogens with zero attached hydrogens (tertiary/aromatic N) is 6. The van der Waals surface area contributed by atoms with Crippen LogP contribution in [0.4, 0.5) is 5.95 Å². The summed E-state index contributed by atoms with van der Waals surface area (Å²) in [5.74, 6) is -0.113. The summed E-state index contributed by atoms with van der Waals surface area (Å²) < 4.78 is 6.78. The number of imidazole rings is 1. The van der Waals surface area contributed by atoms with Crippen LogP contribution < -0.4 is 11.3 Å². The average molecular weight is 308 g/mol. The molecule has 0 aliphatic carbocycles. The molecule has 0 radical (unpaired) electrons. The number of azide groups is 1. The molecule has 0 amide bonds. The topological polar surface area (TPSA) is 188 Å². The predicted octanol–water partition coefficient (Wildman–Crippen LogP) is -1.37. The van der Waals surface area contributed by atoms with Crippen molar-refractivity contribution < 1.29 is 14.9 Å². The number of aliphatic hydroxyl groups excluding tert-OH is 2. The lowest BCUT2D eigenvalue weighted by Gasteiger charge is -2.16. The summed E-state index contributed by atoms with van der Waals surface area (Å²) >= 11 is 0. The minimum absolute atomic E-state index is 0.0259. The van der Waals surface area contributed by atoms with Gasteiger partial charge < -0.3 is 20.7 Å². The molecule has 12 nitrogen and oxygen atoms in total. The van der Waals surface area contributed by atoms with Gasteiger partial charge in [-0.25, -0.2) is 4.98 Å². The van der Waals surface area contributed by atoms with Gasteiger partial charge in [0.25, 0.3) is 5.56 Å². The predicted molar refractivity (Wildman–Crippen MR) is 72.5 cm³/mol. The molecule has 1 saturated heterocycles. The Morgan fingerprint density at radius 2 is 2.32 bits per heavy atom. The zero-order chi connectivity index (χ0) is 15.9. The second-order valence-corrected chi connectivity index (χ2v) is 4.73. The van der Waals surface area contributed by atoms with Crippen LogP contribution >= 0.6 is 0 Å². The standard InChI is InChI=1S/C10H12N8O4/c11-10-15-7-4(8(21)16-10)13-2-18(7)9-6(20)5(19)3(22-9)1-14-17-12/h2-3,5-6,9,19-20H,1H2,(H3,11,15,16,21)/t3-,5-,6+,9-/m1/s1. The molecule has 1 aliphatic rings. The number of rotatable bonds is 3.